The summed E-state index contributed by atoms with van der Waals surface area (Å²) in [5, 5.41) is 3.18. The number of halogens is 2. The molecular weight excluding hydrogens is 365 g/mol. The first kappa shape index (κ1) is 19.3. The number of carbonyl (C=O) groups is 2. The summed E-state index contributed by atoms with van der Waals surface area (Å²) >= 11 is 6.03. The number of hydrogen-bond acceptors (Lipinski definition) is 4. The maximum Gasteiger partial charge on any atom is 0.259 e. The van der Waals surface area contributed by atoms with Crippen LogP contribution in [0.25, 0.3) is 0 Å². The zero-order valence-corrected chi connectivity index (χ0v) is 15.2. The van der Waals surface area contributed by atoms with E-state index in [9.17, 15) is 9.59 Å². The Balaban J connectivity index is 0.00000225. The lowest BCUT2D eigenvalue weighted by molar-refractivity contribution is 0.0792. The highest BCUT2D eigenvalue weighted by Gasteiger charge is 2.26. The van der Waals surface area contributed by atoms with E-state index >= 15 is 0 Å². The van der Waals surface area contributed by atoms with Crippen molar-refractivity contribution in [3.05, 3.63) is 52.4 Å². The molecule has 0 spiro atoms. The van der Waals surface area contributed by atoms with Gasteiger partial charge in [0.05, 0.1) is 23.1 Å². The van der Waals surface area contributed by atoms with Crippen LogP contribution in [-0.2, 0) is 0 Å². The van der Waals surface area contributed by atoms with Gasteiger partial charge in [0.2, 0.25) is 0 Å². The number of nitrogens with one attached hydrogen (secondary N) is 1. The summed E-state index contributed by atoms with van der Waals surface area (Å²) < 4.78 is 5.14. The second-order valence-electron chi connectivity index (χ2n) is 5.83. The Labute approximate surface area is 156 Å². The third kappa shape index (κ3) is 4.15. The summed E-state index contributed by atoms with van der Waals surface area (Å²) in [6.07, 6.45) is 2.22. The van der Waals surface area contributed by atoms with E-state index in [4.69, 9.17) is 21.8 Å². The summed E-state index contributed by atoms with van der Waals surface area (Å²) in [5.74, 6) is -0.0116. The van der Waals surface area contributed by atoms with Crippen molar-refractivity contribution in [1.29, 1.82) is 0 Å². The van der Waals surface area contributed by atoms with Gasteiger partial charge in [0.15, 0.2) is 0 Å². The minimum absolute atomic E-state index is 0. The Bertz CT molecular complexity index is 791. The fourth-order valence-electron chi connectivity index (χ4n) is 2.76. The first-order valence-electron chi connectivity index (χ1n) is 7.65. The average molecular weight is 384 g/mol. The molecule has 1 atom stereocenters. The lowest BCUT2D eigenvalue weighted by atomic mass is 10.1. The molecule has 25 heavy (non-hydrogen) atoms. The monoisotopic (exact) mass is 383 g/mol. The SMILES string of the molecule is Cc1occc1C(=O)Nc1cc(Cl)ccc1C(=O)N1CC[C@@H](N)C1.Cl. The van der Waals surface area contributed by atoms with E-state index in [1.807, 2.05) is 0 Å². The van der Waals surface area contributed by atoms with Crippen molar-refractivity contribution in [3.8, 4) is 0 Å². The summed E-state index contributed by atoms with van der Waals surface area (Å²) in [5.41, 5.74) is 7.05. The second kappa shape index (κ2) is 7.91. The number of amides is 2. The molecule has 1 aliphatic rings. The van der Waals surface area contributed by atoms with Crippen LogP contribution < -0.4 is 11.1 Å². The Hall–Kier alpha value is -2.02. The van der Waals surface area contributed by atoms with Gasteiger partial charge in [-0.25, -0.2) is 0 Å². The number of benzene rings is 1. The third-order valence-electron chi connectivity index (χ3n) is 4.08. The van der Waals surface area contributed by atoms with Gasteiger partial charge in [0.25, 0.3) is 11.8 Å². The molecule has 2 amide bonds. The first-order chi connectivity index (χ1) is 11.5. The van der Waals surface area contributed by atoms with E-state index in [0.29, 0.717) is 40.7 Å². The smallest absolute Gasteiger partial charge is 0.259 e. The van der Waals surface area contributed by atoms with Gasteiger partial charge in [-0.1, -0.05) is 11.6 Å². The van der Waals surface area contributed by atoms with Crippen LogP contribution >= 0.6 is 24.0 Å². The lowest BCUT2D eigenvalue weighted by Gasteiger charge is -2.18. The number of anilines is 1. The number of hydrogen-bond donors (Lipinski definition) is 2. The standard InChI is InChI=1S/C17H18ClN3O3.ClH/c1-10-13(5-7-24-10)16(22)20-15-8-11(18)2-3-14(15)17(23)21-6-4-12(19)9-21;/h2-3,5,7-8,12H,4,6,9,19H2,1H3,(H,20,22);1H/t12-;/m1./s1. The highest BCUT2D eigenvalue weighted by atomic mass is 35.5. The maximum absolute atomic E-state index is 12.7. The molecule has 0 bridgehead atoms. The van der Waals surface area contributed by atoms with E-state index in [1.165, 1.54) is 6.26 Å². The Morgan fingerprint density at radius 3 is 2.68 bits per heavy atom. The topological polar surface area (TPSA) is 88.6 Å². The molecule has 134 valence electrons. The molecule has 2 aromatic rings. The van der Waals surface area contributed by atoms with Crippen LogP contribution in [0.15, 0.2) is 34.9 Å². The van der Waals surface area contributed by atoms with Crippen LogP contribution in [0, 0.1) is 6.92 Å². The van der Waals surface area contributed by atoms with Crippen molar-refractivity contribution >= 4 is 41.5 Å². The molecule has 2 heterocycles. The van der Waals surface area contributed by atoms with Gasteiger partial charge in [-0.3, -0.25) is 9.59 Å². The minimum atomic E-state index is -0.351. The molecular formula is C17H19Cl2N3O3. The number of rotatable bonds is 3. The highest BCUT2D eigenvalue weighted by molar-refractivity contribution is 6.31. The van der Waals surface area contributed by atoms with Crippen molar-refractivity contribution in [1.82, 2.24) is 4.90 Å². The van der Waals surface area contributed by atoms with Gasteiger partial charge in [-0.15, -0.1) is 12.4 Å². The Kier molecular flexibility index (Phi) is 6.11. The van der Waals surface area contributed by atoms with Crippen molar-refractivity contribution in [3.63, 3.8) is 0 Å². The predicted octanol–water partition coefficient (Wildman–Crippen LogP) is 3.09. The van der Waals surface area contributed by atoms with Crippen LogP contribution in [0.1, 0.15) is 32.9 Å². The van der Waals surface area contributed by atoms with E-state index in [2.05, 4.69) is 5.32 Å². The summed E-state index contributed by atoms with van der Waals surface area (Å²) in [7, 11) is 0. The van der Waals surface area contributed by atoms with Gasteiger partial charge in [-0.2, -0.15) is 0 Å². The number of nitrogens with zero attached hydrogens (tertiary/aromatic N) is 1. The van der Waals surface area contributed by atoms with Crippen molar-refractivity contribution in [2.75, 3.05) is 18.4 Å². The van der Waals surface area contributed by atoms with Gasteiger partial charge < -0.3 is 20.4 Å². The van der Waals surface area contributed by atoms with Crippen LogP contribution in [0.3, 0.4) is 0 Å². The molecule has 1 aromatic heterocycles. The summed E-state index contributed by atoms with van der Waals surface area (Å²) in [6.45, 7) is 2.82. The van der Waals surface area contributed by atoms with Gasteiger partial charge in [0, 0.05) is 24.2 Å². The van der Waals surface area contributed by atoms with Gasteiger partial charge in [0.1, 0.15) is 5.76 Å². The van der Waals surface area contributed by atoms with Crippen molar-refractivity contribution in [2.24, 2.45) is 5.73 Å². The van der Waals surface area contributed by atoms with Crippen molar-refractivity contribution in [2.45, 2.75) is 19.4 Å². The molecule has 0 radical (unpaired) electrons. The maximum atomic E-state index is 12.7. The van der Waals surface area contributed by atoms with E-state index in [0.717, 1.165) is 6.42 Å². The normalized spacial score (nSPS) is 16.4. The lowest BCUT2D eigenvalue weighted by Crippen LogP contribution is -2.32. The molecule has 8 heteroatoms. The Morgan fingerprint density at radius 2 is 2.08 bits per heavy atom. The van der Waals surface area contributed by atoms with Crippen LogP contribution in [-0.4, -0.2) is 35.8 Å². The largest absolute Gasteiger partial charge is 0.469 e. The van der Waals surface area contributed by atoms with Crippen LogP contribution in [0.2, 0.25) is 5.02 Å². The first-order valence-corrected chi connectivity index (χ1v) is 8.03. The molecule has 0 saturated carbocycles. The second-order valence-corrected chi connectivity index (χ2v) is 6.27. The predicted molar refractivity (Wildman–Crippen MR) is 98.6 cm³/mol. The molecule has 0 unspecified atom stereocenters. The molecule has 6 nitrogen and oxygen atoms in total. The highest BCUT2D eigenvalue weighted by Crippen LogP contribution is 2.25. The quantitative estimate of drug-likeness (QED) is 0.851. The third-order valence-corrected chi connectivity index (χ3v) is 4.31. The molecule has 1 aromatic carbocycles. The fourth-order valence-corrected chi connectivity index (χ4v) is 2.93. The van der Waals surface area contributed by atoms with E-state index in [1.54, 1.807) is 36.1 Å². The van der Waals surface area contributed by atoms with Crippen LogP contribution in [0.5, 0.6) is 0 Å². The van der Waals surface area contributed by atoms with Gasteiger partial charge in [-0.05, 0) is 37.6 Å². The zero-order valence-electron chi connectivity index (χ0n) is 13.6. The minimum Gasteiger partial charge on any atom is -0.469 e. The molecule has 1 fully saturated rings. The summed E-state index contributed by atoms with van der Waals surface area (Å²) in [6, 6.07) is 6.39. The molecule has 3 rings (SSSR count). The number of likely N-dealkylation sites (tertiary alicyclic amines) is 1. The summed E-state index contributed by atoms with van der Waals surface area (Å²) in [4.78, 5) is 26.8. The zero-order chi connectivity index (χ0) is 17.3. The molecule has 3 N–H and O–H groups in total. The number of aryl methyl sites for hydroxylation is 1. The number of furan rings is 1. The molecule has 1 aliphatic heterocycles. The number of nitrogens with two attached hydrogens (primary N) is 1. The molecule has 1 saturated heterocycles. The Morgan fingerprint density at radius 1 is 1.32 bits per heavy atom. The van der Waals surface area contributed by atoms with E-state index < -0.39 is 0 Å². The fraction of sp³-hybridized carbons (Fsp3) is 0.294. The van der Waals surface area contributed by atoms with Gasteiger partial charge >= 0.3 is 0 Å². The van der Waals surface area contributed by atoms with Crippen LogP contribution in [0.4, 0.5) is 5.69 Å². The van der Waals surface area contributed by atoms with Crippen molar-refractivity contribution < 1.29 is 14.0 Å². The van der Waals surface area contributed by atoms with E-state index in [-0.39, 0.29) is 30.3 Å². The average Bonchev–Trinajstić information content (AvgIpc) is 3.15. The molecule has 0 aliphatic carbocycles. The number of carbonyl (C=O) groups excluding carboxylic acids is 2.